The molecule has 1 heterocycles. The first kappa shape index (κ1) is 18.4. The van der Waals surface area contributed by atoms with Crippen molar-refractivity contribution in [1.82, 2.24) is 20.6 Å². The van der Waals surface area contributed by atoms with Crippen molar-refractivity contribution >= 4 is 11.6 Å². The molecule has 2 N–H and O–H groups in total. The van der Waals surface area contributed by atoms with Crippen molar-refractivity contribution in [2.45, 2.75) is 19.3 Å². The molecule has 8 nitrogen and oxygen atoms in total. The van der Waals surface area contributed by atoms with Crippen LogP contribution in [-0.4, -0.2) is 40.2 Å². The smallest absolute Gasteiger partial charge is 0.235 e. The number of ether oxygens (including phenoxy) is 2. The molecule has 0 radical (unpaired) electrons. The molecule has 1 aromatic heterocycles. The molecule has 0 saturated carbocycles. The highest BCUT2D eigenvalue weighted by Crippen LogP contribution is 2.27. The Bertz CT molecular complexity index is 883. The molecule has 3 aromatic rings. The maximum absolute atomic E-state index is 13.0. The van der Waals surface area contributed by atoms with Gasteiger partial charge in [-0.05, 0) is 43.2 Å². The van der Waals surface area contributed by atoms with Crippen LogP contribution >= 0.6 is 0 Å². The molecule has 140 valence electrons. The molecular formula is C19H21N5O3. The molecule has 0 bridgehead atoms. The minimum Gasteiger partial charge on any atom is -0.497 e. The molecule has 2 aromatic carbocycles. The number of tetrazole rings is 1. The van der Waals surface area contributed by atoms with Crippen molar-refractivity contribution in [2.24, 2.45) is 0 Å². The SMILES string of the molecule is CCOc1ccccc1NC(=O)[C@@H](Cc1cccc(OC)c1)c1nn[nH]n1. The maximum Gasteiger partial charge on any atom is 0.235 e. The van der Waals surface area contributed by atoms with Crippen LogP contribution < -0.4 is 14.8 Å². The number of benzene rings is 2. The first-order valence-electron chi connectivity index (χ1n) is 8.60. The number of aromatic amines is 1. The van der Waals surface area contributed by atoms with Gasteiger partial charge in [-0.15, -0.1) is 10.2 Å². The van der Waals surface area contributed by atoms with Gasteiger partial charge >= 0.3 is 0 Å². The Labute approximate surface area is 156 Å². The number of hydrogen-bond acceptors (Lipinski definition) is 6. The van der Waals surface area contributed by atoms with Crippen LogP contribution in [0.1, 0.15) is 24.2 Å². The number of amides is 1. The topological polar surface area (TPSA) is 102 Å². The number of carbonyl (C=O) groups excluding carboxylic acids is 1. The minimum atomic E-state index is -0.620. The van der Waals surface area contributed by atoms with Crippen molar-refractivity contribution in [3.8, 4) is 11.5 Å². The third-order valence-corrected chi connectivity index (χ3v) is 4.01. The van der Waals surface area contributed by atoms with E-state index in [1.54, 1.807) is 13.2 Å². The lowest BCUT2D eigenvalue weighted by Crippen LogP contribution is -2.24. The van der Waals surface area contributed by atoms with Crippen LogP contribution in [0.3, 0.4) is 0 Å². The summed E-state index contributed by atoms with van der Waals surface area (Å²) in [5, 5.41) is 16.9. The van der Waals surface area contributed by atoms with E-state index in [4.69, 9.17) is 9.47 Å². The second kappa shape index (κ2) is 8.79. The lowest BCUT2D eigenvalue weighted by atomic mass is 9.97. The number of anilines is 1. The van der Waals surface area contributed by atoms with E-state index in [-0.39, 0.29) is 5.91 Å². The molecule has 27 heavy (non-hydrogen) atoms. The number of aromatic nitrogens is 4. The summed E-state index contributed by atoms with van der Waals surface area (Å²) in [5.41, 5.74) is 1.53. The highest BCUT2D eigenvalue weighted by Gasteiger charge is 2.26. The van der Waals surface area contributed by atoms with Crippen LogP contribution in [-0.2, 0) is 11.2 Å². The molecule has 0 saturated heterocycles. The Hall–Kier alpha value is -3.42. The molecule has 1 amide bonds. The van der Waals surface area contributed by atoms with Crippen molar-refractivity contribution in [3.63, 3.8) is 0 Å². The van der Waals surface area contributed by atoms with E-state index < -0.39 is 5.92 Å². The summed E-state index contributed by atoms with van der Waals surface area (Å²) in [7, 11) is 1.60. The Morgan fingerprint density at radius 1 is 1.22 bits per heavy atom. The molecule has 1 atom stereocenters. The third kappa shape index (κ3) is 4.60. The highest BCUT2D eigenvalue weighted by atomic mass is 16.5. The molecule has 0 aliphatic heterocycles. The minimum absolute atomic E-state index is 0.244. The summed E-state index contributed by atoms with van der Waals surface area (Å²) in [6.07, 6.45) is 0.402. The number of nitrogens with one attached hydrogen (secondary N) is 2. The van der Waals surface area contributed by atoms with Gasteiger partial charge in [-0.25, -0.2) is 0 Å². The van der Waals surface area contributed by atoms with Crippen LogP contribution in [0.25, 0.3) is 0 Å². The fourth-order valence-electron chi connectivity index (χ4n) is 2.72. The average molecular weight is 367 g/mol. The molecule has 3 rings (SSSR count). The van der Waals surface area contributed by atoms with Gasteiger partial charge in [0.2, 0.25) is 5.91 Å². The summed E-state index contributed by atoms with van der Waals surface area (Å²) in [6.45, 7) is 2.40. The van der Waals surface area contributed by atoms with Crippen LogP contribution in [0.15, 0.2) is 48.5 Å². The molecule has 0 aliphatic rings. The van der Waals surface area contributed by atoms with Gasteiger partial charge in [0.05, 0.1) is 19.4 Å². The van der Waals surface area contributed by atoms with Crippen molar-refractivity contribution in [2.75, 3.05) is 19.0 Å². The summed E-state index contributed by atoms with van der Waals surface area (Å²) in [6, 6.07) is 14.8. The highest BCUT2D eigenvalue weighted by molar-refractivity contribution is 5.96. The monoisotopic (exact) mass is 367 g/mol. The Morgan fingerprint density at radius 2 is 2.07 bits per heavy atom. The van der Waals surface area contributed by atoms with Crippen molar-refractivity contribution in [1.29, 1.82) is 0 Å². The third-order valence-electron chi connectivity index (χ3n) is 4.01. The first-order valence-corrected chi connectivity index (χ1v) is 8.60. The lowest BCUT2D eigenvalue weighted by Gasteiger charge is -2.16. The molecule has 0 aliphatic carbocycles. The van der Waals surface area contributed by atoms with Gasteiger partial charge in [-0.3, -0.25) is 4.79 Å². The summed E-state index contributed by atoms with van der Waals surface area (Å²) in [4.78, 5) is 13.0. The number of carbonyl (C=O) groups is 1. The fourth-order valence-corrected chi connectivity index (χ4v) is 2.72. The van der Waals surface area contributed by atoms with E-state index in [1.807, 2.05) is 49.4 Å². The number of hydrogen-bond donors (Lipinski definition) is 2. The largest absolute Gasteiger partial charge is 0.497 e. The Morgan fingerprint density at radius 3 is 2.81 bits per heavy atom. The molecular weight excluding hydrogens is 346 g/mol. The molecule has 0 fully saturated rings. The van der Waals surface area contributed by atoms with Crippen LogP contribution in [0.5, 0.6) is 11.5 Å². The Balaban J connectivity index is 1.84. The van der Waals surface area contributed by atoms with Crippen molar-refractivity contribution < 1.29 is 14.3 Å². The zero-order chi connectivity index (χ0) is 19.1. The second-order valence-electron chi connectivity index (χ2n) is 5.80. The quantitative estimate of drug-likeness (QED) is 0.634. The van der Waals surface area contributed by atoms with E-state index >= 15 is 0 Å². The summed E-state index contributed by atoms with van der Waals surface area (Å²) in [5.74, 6) is 0.796. The first-order chi connectivity index (χ1) is 13.2. The van der Waals surface area contributed by atoms with E-state index in [0.29, 0.717) is 30.3 Å². The van der Waals surface area contributed by atoms with Gasteiger partial charge in [0.1, 0.15) is 17.4 Å². The number of para-hydroxylation sites is 2. The van der Waals surface area contributed by atoms with E-state index in [1.165, 1.54) is 0 Å². The van der Waals surface area contributed by atoms with Gasteiger partial charge < -0.3 is 14.8 Å². The standard InChI is InChI=1S/C19H21N5O3/c1-3-27-17-10-5-4-9-16(17)20-19(25)15(18-21-23-24-22-18)12-13-7-6-8-14(11-13)26-2/h4-11,15H,3,12H2,1-2H3,(H,20,25)(H,21,22,23,24)/t15-/m0/s1. The van der Waals surface area contributed by atoms with Crippen LogP contribution in [0, 0.1) is 0 Å². The van der Waals surface area contributed by atoms with Crippen molar-refractivity contribution in [3.05, 3.63) is 59.9 Å². The average Bonchev–Trinajstić information content (AvgIpc) is 3.22. The summed E-state index contributed by atoms with van der Waals surface area (Å²) >= 11 is 0. The van der Waals surface area contributed by atoms with Crippen LogP contribution in [0.4, 0.5) is 5.69 Å². The van der Waals surface area contributed by atoms with Gasteiger partial charge in [-0.2, -0.15) is 5.21 Å². The van der Waals surface area contributed by atoms with E-state index in [9.17, 15) is 4.79 Å². The maximum atomic E-state index is 13.0. The Kier molecular flexibility index (Phi) is 5.98. The lowest BCUT2D eigenvalue weighted by molar-refractivity contribution is -0.117. The number of methoxy groups -OCH3 is 1. The van der Waals surface area contributed by atoms with E-state index in [0.717, 1.165) is 11.3 Å². The predicted molar refractivity (Wildman–Crippen MR) is 99.9 cm³/mol. The normalized spacial score (nSPS) is 11.6. The molecule has 0 spiro atoms. The van der Waals surface area contributed by atoms with Gasteiger partial charge in [-0.1, -0.05) is 29.5 Å². The number of rotatable bonds is 8. The fraction of sp³-hybridized carbons (Fsp3) is 0.263. The summed E-state index contributed by atoms with van der Waals surface area (Å²) < 4.78 is 10.8. The van der Waals surface area contributed by atoms with E-state index in [2.05, 4.69) is 25.9 Å². The zero-order valence-corrected chi connectivity index (χ0v) is 15.2. The van der Waals surface area contributed by atoms with Gasteiger partial charge in [0.25, 0.3) is 0 Å². The number of H-pyrrole nitrogens is 1. The zero-order valence-electron chi connectivity index (χ0n) is 15.2. The van der Waals surface area contributed by atoms with Crippen LogP contribution in [0.2, 0.25) is 0 Å². The van der Waals surface area contributed by atoms with Gasteiger partial charge in [0.15, 0.2) is 5.82 Å². The number of nitrogens with zero attached hydrogens (tertiary/aromatic N) is 3. The second-order valence-corrected chi connectivity index (χ2v) is 5.80. The van der Waals surface area contributed by atoms with Gasteiger partial charge in [0, 0.05) is 0 Å². The predicted octanol–water partition coefficient (Wildman–Crippen LogP) is 2.57. The molecule has 8 heteroatoms. The molecule has 0 unspecified atom stereocenters.